The molecule has 0 fully saturated rings. The van der Waals surface area contributed by atoms with Gasteiger partial charge >= 0.3 is 0 Å². The molecule has 0 aliphatic rings. The van der Waals surface area contributed by atoms with Crippen molar-refractivity contribution in [3.8, 4) is 5.75 Å². The van der Waals surface area contributed by atoms with E-state index < -0.39 is 21.9 Å². The lowest BCUT2D eigenvalue weighted by Gasteiger charge is -2.22. The van der Waals surface area contributed by atoms with Crippen molar-refractivity contribution >= 4 is 28.2 Å². The lowest BCUT2D eigenvalue weighted by Crippen LogP contribution is -2.40. The summed E-state index contributed by atoms with van der Waals surface area (Å²) in [5.41, 5.74) is 7.10. The molecular formula is C18H23ClN2O4S. The number of ether oxygens (including phenoxy) is 1. The highest BCUT2D eigenvalue weighted by molar-refractivity contribution is 7.90. The number of methoxy groups -OCH3 is 1. The molecule has 0 heterocycles. The van der Waals surface area contributed by atoms with Gasteiger partial charge in [-0.1, -0.05) is 24.3 Å². The molecule has 6 nitrogen and oxygen atoms in total. The van der Waals surface area contributed by atoms with Crippen LogP contribution in [0.5, 0.6) is 5.75 Å². The van der Waals surface area contributed by atoms with Crippen LogP contribution in [0.3, 0.4) is 0 Å². The van der Waals surface area contributed by atoms with Crippen molar-refractivity contribution in [3.63, 3.8) is 0 Å². The molecule has 0 saturated heterocycles. The fraction of sp³-hybridized carbons (Fsp3) is 0.278. The maximum absolute atomic E-state index is 12.1. The molecule has 0 aliphatic carbocycles. The number of hydrogen-bond acceptors (Lipinski definition) is 5. The third kappa shape index (κ3) is 5.45. The first-order chi connectivity index (χ1) is 11.7. The highest BCUT2D eigenvalue weighted by Crippen LogP contribution is 2.26. The molecule has 0 spiro atoms. The molecule has 8 heteroatoms. The maximum atomic E-state index is 12.1. The van der Waals surface area contributed by atoms with E-state index in [2.05, 4.69) is 5.32 Å². The highest BCUT2D eigenvalue weighted by Gasteiger charge is 2.20. The zero-order chi connectivity index (χ0) is 18.6. The van der Waals surface area contributed by atoms with Crippen LogP contribution >= 0.6 is 12.4 Å². The van der Waals surface area contributed by atoms with Crippen molar-refractivity contribution in [3.05, 3.63) is 59.7 Å². The number of halogens is 1. The Hall–Kier alpha value is -2.09. The van der Waals surface area contributed by atoms with Crippen LogP contribution in [0.15, 0.2) is 53.4 Å². The summed E-state index contributed by atoms with van der Waals surface area (Å²) < 4.78 is 28.8. The minimum Gasteiger partial charge on any atom is -0.497 e. The minimum atomic E-state index is -3.35. The Morgan fingerprint density at radius 3 is 2.23 bits per heavy atom. The van der Waals surface area contributed by atoms with E-state index in [1.165, 1.54) is 6.07 Å². The van der Waals surface area contributed by atoms with Gasteiger partial charge in [-0.2, -0.15) is 0 Å². The molecule has 3 N–H and O–H groups in total. The minimum absolute atomic E-state index is 0. The highest BCUT2D eigenvalue weighted by atomic mass is 35.5. The van der Waals surface area contributed by atoms with Crippen LogP contribution in [-0.4, -0.2) is 33.7 Å². The summed E-state index contributed by atoms with van der Waals surface area (Å²) in [7, 11) is -1.78. The van der Waals surface area contributed by atoms with Gasteiger partial charge in [-0.15, -0.1) is 12.4 Å². The molecule has 0 aromatic heterocycles. The van der Waals surface area contributed by atoms with Gasteiger partial charge in [0.1, 0.15) is 5.75 Å². The van der Waals surface area contributed by atoms with Crippen molar-refractivity contribution in [2.24, 2.45) is 5.73 Å². The van der Waals surface area contributed by atoms with E-state index in [0.717, 1.165) is 11.8 Å². The molecular weight excluding hydrogens is 376 g/mol. The van der Waals surface area contributed by atoms with Gasteiger partial charge < -0.3 is 15.8 Å². The average molecular weight is 399 g/mol. The van der Waals surface area contributed by atoms with Crippen molar-refractivity contribution in [2.45, 2.75) is 23.9 Å². The molecule has 0 saturated carbocycles. The summed E-state index contributed by atoms with van der Waals surface area (Å²) in [6.45, 7) is 1.59. The molecule has 0 radical (unpaired) electrons. The quantitative estimate of drug-likeness (QED) is 0.776. The number of carbonyl (C=O) groups excluding carboxylic acids is 1. The molecule has 0 bridgehead atoms. The number of benzene rings is 2. The maximum Gasteiger partial charge on any atom is 0.237 e. The van der Waals surface area contributed by atoms with Crippen LogP contribution in [0, 0.1) is 0 Å². The van der Waals surface area contributed by atoms with E-state index in [1.54, 1.807) is 44.4 Å². The Morgan fingerprint density at radius 2 is 1.73 bits per heavy atom. The third-order valence-electron chi connectivity index (χ3n) is 3.77. The lowest BCUT2D eigenvalue weighted by atomic mass is 9.98. The van der Waals surface area contributed by atoms with Gasteiger partial charge in [-0.25, -0.2) is 8.42 Å². The first-order valence-electron chi connectivity index (χ1n) is 7.72. The standard InChI is InChI=1S/C18H22N2O4S.ClH/c1-12(19)18(21)20-17(13-7-9-15(24-2)10-8-13)14-5-4-6-16(11-14)25(3,22)23;/h4-12,17H,19H2,1-3H3,(H,20,21);1H/t12-,17?;/m0./s1. The average Bonchev–Trinajstić information content (AvgIpc) is 2.59. The zero-order valence-electron chi connectivity index (χ0n) is 14.8. The van der Waals surface area contributed by atoms with E-state index in [1.807, 2.05) is 12.1 Å². The Kier molecular flexibility index (Phi) is 7.62. The molecule has 142 valence electrons. The molecule has 2 rings (SSSR count). The van der Waals surface area contributed by atoms with Crippen molar-refractivity contribution in [1.29, 1.82) is 0 Å². The zero-order valence-corrected chi connectivity index (χ0v) is 16.4. The van der Waals surface area contributed by atoms with E-state index in [9.17, 15) is 13.2 Å². The second-order valence-corrected chi connectivity index (χ2v) is 7.86. The summed E-state index contributed by atoms with van der Waals surface area (Å²) in [4.78, 5) is 12.3. The number of hydrogen-bond donors (Lipinski definition) is 2. The van der Waals surface area contributed by atoms with E-state index >= 15 is 0 Å². The van der Waals surface area contributed by atoms with Gasteiger partial charge in [0.2, 0.25) is 5.91 Å². The van der Waals surface area contributed by atoms with Crippen molar-refractivity contribution in [1.82, 2.24) is 5.32 Å². The Bertz CT molecular complexity index is 852. The largest absolute Gasteiger partial charge is 0.497 e. The second kappa shape index (κ2) is 9.02. The first-order valence-corrected chi connectivity index (χ1v) is 9.61. The van der Waals surface area contributed by atoms with Crippen LogP contribution in [-0.2, 0) is 14.6 Å². The number of nitrogens with one attached hydrogen (secondary N) is 1. The predicted molar refractivity (Wildman–Crippen MR) is 103 cm³/mol. The Labute approximate surface area is 160 Å². The fourth-order valence-electron chi connectivity index (χ4n) is 2.35. The summed E-state index contributed by atoms with van der Waals surface area (Å²) >= 11 is 0. The fourth-order valence-corrected chi connectivity index (χ4v) is 3.03. The smallest absolute Gasteiger partial charge is 0.237 e. The van der Waals surface area contributed by atoms with E-state index in [0.29, 0.717) is 11.3 Å². The summed E-state index contributed by atoms with van der Waals surface area (Å²) in [5.74, 6) is 0.358. The second-order valence-electron chi connectivity index (χ2n) is 5.85. The third-order valence-corrected chi connectivity index (χ3v) is 4.88. The van der Waals surface area contributed by atoms with Gasteiger partial charge in [0.15, 0.2) is 9.84 Å². The Balaban J connectivity index is 0.00000338. The SMILES string of the molecule is COc1ccc(C(NC(=O)[C@H](C)N)c2cccc(S(C)(=O)=O)c2)cc1.Cl. The molecule has 2 atom stereocenters. The van der Waals surface area contributed by atoms with Crippen LogP contribution in [0.2, 0.25) is 0 Å². The summed E-state index contributed by atoms with van der Waals surface area (Å²) in [5, 5.41) is 2.87. The van der Waals surface area contributed by atoms with Crippen LogP contribution in [0.1, 0.15) is 24.1 Å². The topological polar surface area (TPSA) is 98.5 Å². The van der Waals surface area contributed by atoms with Crippen molar-refractivity contribution < 1.29 is 17.9 Å². The molecule has 0 aliphatic heterocycles. The van der Waals surface area contributed by atoms with Gasteiger partial charge in [0.25, 0.3) is 0 Å². The molecule has 26 heavy (non-hydrogen) atoms. The number of sulfone groups is 1. The number of rotatable bonds is 6. The van der Waals surface area contributed by atoms with Gasteiger partial charge in [-0.05, 0) is 42.3 Å². The number of carbonyl (C=O) groups is 1. The summed E-state index contributed by atoms with van der Waals surface area (Å²) in [6.07, 6.45) is 1.15. The molecule has 2 aromatic carbocycles. The number of nitrogens with two attached hydrogens (primary N) is 1. The number of amides is 1. The van der Waals surface area contributed by atoms with Crippen LogP contribution < -0.4 is 15.8 Å². The van der Waals surface area contributed by atoms with Crippen LogP contribution in [0.4, 0.5) is 0 Å². The van der Waals surface area contributed by atoms with Crippen LogP contribution in [0.25, 0.3) is 0 Å². The van der Waals surface area contributed by atoms with Gasteiger partial charge in [0.05, 0.1) is 24.1 Å². The van der Waals surface area contributed by atoms with Gasteiger partial charge in [0, 0.05) is 6.26 Å². The normalized spacial score (nSPS) is 13.2. The van der Waals surface area contributed by atoms with Crippen molar-refractivity contribution in [2.75, 3.05) is 13.4 Å². The molecule has 2 aromatic rings. The van der Waals surface area contributed by atoms with E-state index in [4.69, 9.17) is 10.5 Å². The predicted octanol–water partition coefficient (Wildman–Crippen LogP) is 2.07. The monoisotopic (exact) mass is 398 g/mol. The lowest BCUT2D eigenvalue weighted by molar-refractivity contribution is -0.122. The van der Waals surface area contributed by atoms with Gasteiger partial charge in [-0.3, -0.25) is 4.79 Å². The van der Waals surface area contributed by atoms with E-state index in [-0.39, 0.29) is 23.2 Å². The Morgan fingerprint density at radius 1 is 1.12 bits per heavy atom. The molecule has 1 amide bonds. The first kappa shape index (κ1) is 22.0. The molecule has 1 unspecified atom stereocenters. The summed E-state index contributed by atoms with van der Waals surface area (Å²) in [6, 6.07) is 12.5.